The van der Waals surface area contributed by atoms with Gasteiger partial charge >= 0.3 is 0 Å². The van der Waals surface area contributed by atoms with Crippen LogP contribution in [0.25, 0.3) is 0 Å². The summed E-state index contributed by atoms with van der Waals surface area (Å²) in [6, 6.07) is 1.64. The standard InChI is InChI=1S/C7H13N5O/c1-11(2)10-7(13)5-12-4-3-6(8)9-12/h3-4H,5H2,1-2H3,(H2,8,9)(H,10,13). The van der Waals surface area contributed by atoms with Crippen molar-refractivity contribution in [2.75, 3.05) is 19.8 Å². The summed E-state index contributed by atoms with van der Waals surface area (Å²) in [6.07, 6.45) is 1.66. The number of hydrazine groups is 1. The molecule has 1 amide bonds. The average molecular weight is 183 g/mol. The Labute approximate surface area is 76.3 Å². The Morgan fingerprint density at radius 2 is 2.46 bits per heavy atom. The van der Waals surface area contributed by atoms with Gasteiger partial charge in [-0.3, -0.25) is 14.9 Å². The van der Waals surface area contributed by atoms with Crippen LogP contribution in [-0.2, 0) is 11.3 Å². The maximum Gasteiger partial charge on any atom is 0.255 e. The number of amides is 1. The highest BCUT2D eigenvalue weighted by Crippen LogP contribution is 1.94. The van der Waals surface area contributed by atoms with Crippen molar-refractivity contribution in [1.29, 1.82) is 0 Å². The second-order valence-electron chi connectivity index (χ2n) is 2.87. The highest BCUT2D eigenvalue weighted by molar-refractivity contribution is 5.75. The van der Waals surface area contributed by atoms with Crippen LogP contribution in [0.15, 0.2) is 12.3 Å². The first-order chi connectivity index (χ1) is 6.08. The van der Waals surface area contributed by atoms with E-state index in [1.807, 2.05) is 0 Å². The monoisotopic (exact) mass is 183 g/mol. The molecule has 1 rings (SSSR count). The number of aromatic nitrogens is 2. The quantitative estimate of drug-likeness (QED) is 0.593. The zero-order valence-corrected chi connectivity index (χ0v) is 7.69. The van der Waals surface area contributed by atoms with E-state index in [4.69, 9.17) is 5.73 Å². The maximum atomic E-state index is 11.2. The molecule has 3 N–H and O–H groups in total. The maximum absolute atomic E-state index is 11.2. The second kappa shape index (κ2) is 3.90. The summed E-state index contributed by atoms with van der Waals surface area (Å²) >= 11 is 0. The van der Waals surface area contributed by atoms with E-state index < -0.39 is 0 Å². The minimum atomic E-state index is -0.131. The minimum absolute atomic E-state index is 0.131. The molecule has 0 spiro atoms. The van der Waals surface area contributed by atoms with Crippen LogP contribution in [-0.4, -0.2) is 34.8 Å². The number of hydrogen-bond acceptors (Lipinski definition) is 4. The molecule has 0 aliphatic rings. The number of nitrogens with one attached hydrogen (secondary N) is 1. The van der Waals surface area contributed by atoms with Crippen LogP contribution >= 0.6 is 0 Å². The number of carbonyl (C=O) groups is 1. The molecule has 0 atom stereocenters. The number of rotatable bonds is 3. The second-order valence-corrected chi connectivity index (χ2v) is 2.87. The van der Waals surface area contributed by atoms with Crippen molar-refractivity contribution in [2.45, 2.75) is 6.54 Å². The number of nitrogen functional groups attached to an aromatic ring is 1. The average Bonchev–Trinajstić information content (AvgIpc) is 2.33. The predicted octanol–water partition coefficient (Wildman–Crippen LogP) is -0.942. The molecule has 0 bridgehead atoms. The summed E-state index contributed by atoms with van der Waals surface area (Å²) in [5.74, 6) is 0.283. The number of nitrogens with two attached hydrogens (primary N) is 1. The largest absolute Gasteiger partial charge is 0.382 e. The molecule has 0 aliphatic carbocycles. The SMILES string of the molecule is CN(C)NC(=O)Cn1ccc(N)n1. The first kappa shape index (κ1) is 9.53. The number of hydrogen-bond donors (Lipinski definition) is 2. The van der Waals surface area contributed by atoms with E-state index >= 15 is 0 Å². The molecule has 0 saturated heterocycles. The third-order valence-electron chi connectivity index (χ3n) is 1.32. The fourth-order valence-electron chi connectivity index (χ4n) is 0.897. The summed E-state index contributed by atoms with van der Waals surface area (Å²) in [5, 5.41) is 5.45. The molecule has 1 aromatic rings. The summed E-state index contributed by atoms with van der Waals surface area (Å²) in [5.41, 5.74) is 7.97. The predicted molar refractivity (Wildman–Crippen MR) is 48.5 cm³/mol. The third-order valence-corrected chi connectivity index (χ3v) is 1.32. The molecule has 0 aromatic carbocycles. The molecule has 0 saturated carbocycles. The highest BCUT2D eigenvalue weighted by atomic mass is 16.2. The van der Waals surface area contributed by atoms with Crippen LogP contribution < -0.4 is 11.2 Å². The van der Waals surface area contributed by atoms with Crippen molar-refractivity contribution < 1.29 is 4.79 Å². The Balaban J connectivity index is 2.45. The molecule has 1 aromatic heterocycles. The molecule has 0 fully saturated rings. The Bertz CT molecular complexity index is 293. The van der Waals surface area contributed by atoms with E-state index in [0.29, 0.717) is 5.82 Å². The summed E-state index contributed by atoms with van der Waals surface area (Å²) < 4.78 is 1.48. The molecule has 72 valence electrons. The van der Waals surface area contributed by atoms with Gasteiger partial charge in [-0.15, -0.1) is 0 Å². The Morgan fingerprint density at radius 1 is 1.77 bits per heavy atom. The van der Waals surface area contributed by atoms with Crippen molar-refractivity contribution in [1.82, 2.24) is 20.2 Å². The lowest BCUT2D eigenvalue weighted by Crippen LogP contribution is -2.38. The number of anilines is 1. The Hall–Kier alpha value is -1.56. The Morgan fingerprint density at radius 3 is 2.92 bits per heavy atom. The van der Waals surface area contributed by atoms with Crippen molar-refractivity contribution in [2.24, 2.45) is 0 Å². The van der Waals surface area contributed by atoms with Crippen molar-refractivity contribution in [3.8, 4) is 0 Å². The third kappa shape index (κ3) is 3.12. The summed E-state index contributed by atoms with van der Waals surface area (Å²) in [4.78, 5) is 11.2. The van der Waals surface area contributed by atoms with Crippen LogP contribution in [0, 0.1) is 0 Å². The zero-order valence-electron chi connectivity index (χ0n) is 7.69. The first-order valence-corrected chi connectivity index (χ1v) is 3.83. The van der Waals surface area contributed by atoms with E-state index in [2.05, 4.69) is 10.5 Å². The van der Waals surface area contributed by atoms with Gasteiger partial charge in [-0.25, -0.2) is 5.01 Å². The normalized spacial score (nSPS) is 10.4. The van der Waals surface area contributed by atoms with Gasteiger partial charge in [0, 0.05) is 20.3 Å². The zero-order chi connectivity index (χ0) is 9.84. The van der Waals surface area contributed by atoms with Gasteiger partial charge in [0.25, 0.3) is 5.91 Å². The van der Waals surface area contributed by atoms with Gasteiger partial charge in [-0.05, 0) is 6.07 Å². The molecule has 0 radical (unpaired) electrons. The highest BCUT2D eigenvalue weighted by Gasteiger charge is 2.03. The number of nitrogens with zero attached hydrogens (tertiary/aromatic N) is 3. The van der Waals surface area contributed by atoms with Crippen molar-refractivity contribution >= 4 is 11.7 Å². The van der Waals surface area contributed by atoms with Crippen LogP contribution in [0.4, 0.5) is 5.82 Å². The van der Waals surface area contributed by atoms with Crippen molar-refractivity contribution in [3.05, 3.63) is 12.3 Å². The molecular weight excluding hydrogens is 170 g/mol. The lowest BCUT2D eigenvalue weighted by molar-refractivity contribution is -0.125. The van der Waals surface area contributed by atoms with Crippen LogP contribution in [0.5, 0.6) is 0 Å². The van der Waals surface area contributed by atoms with E-state index in [-0.39, 0.29) is 12.5 Å². The number of carbonyl (C=O) groups excluding carboxylic acids is 1. The first-order valence-electron chi connectivity index (χ1n) is 3.83. The molecule has 13 heavy (non-hydrogen) atoms. The van der Waals surface area contributed by atoms with Gasteiger partial charge < -0.3 is 5.73 Å². The topological polar surface area (TPSA) is 76.2 Å². The molecule has 1 heterocycles. The van der Waals surface area contributed by atoms with Gasteiger partial charge in [0.1, 0.15) is 12.4 Å². The Kier molecular flexibility index (Phi) is 2.86. The molecular formula is C7H13N5O. The summed E-state index contributed by atoms with van der Waals surface area (Å²) in [7, 11) is 3.49. The molecule has 0 unspecified atom stereocenters. The fraction of sp³-hybridized carbons (Fsp3) is 0.429. The minimum Gasteiger partial charge on any atom is -0.382 e. The van der Waals surface area contributed by atoms with Gasteiger partial charge in [0.05, 0.1) is 0 Å². The fourth-order valence-corrected chi connectivity index (χ4v) is 0.897. The molecule has 0 aliphatic heterocycles. The van der Waals surface area contributed by atoms with Gasteiger partial charge in [0.2, 0.25) is 0 Å². The molecule has 6 heteroatoms. The molecule has 6 nitrogen and oxygen atoms in total. The van der Waals surface area contributed by atoms with Crippen LogP contribution in [0.2, 0.25) is 0 Å². The van der Waals surface area contributed by atoms with Crippen molar-refractivity contribution in [3.63, 3.8) is 0 Å². The lowest BCUT2D eigenvalue weighted by Gasteiger charge is -2.11. The van der Waals surface area contributed by atoms with Crippen LogP contribution in [0.3, 0.4) is 0 Å². The van der Waals surface area contributed by atoms with E-state index in [0.717, 1.165) is 0 Å². The van der Waals surface area contributed by atoms with E-state index in [1.165, 1.54) is 4.68 Å². The van der Waals surface area contributed by atoms with Gasteiger partial charge in [-0.1, -0.05) is 0 Å². The van der Waals surface area contributed by atoms with Crippen LogP contribution in [0.1, 0.15) is 0 Å². The van der Waals surface area contributed by atoms with E-state index in [9.17, 15) is 4.79 Å². The van der Waals surface area contributed by atoms with Gasteiger partial charge in [-0.2, -0.15) is 5.10 Å². The lowest BCUT2D eigenvalue weighted by atomic mass is 10.6. The van der Waals surface area contributed by atoms with E-state index in [1.54, 1.807) is 31.4 Å². The van der Waals surface area contributed by atoms with Gasteiger partial charge in [0.15, 0.2) is 0 Å². The smallest absolute Gasteiger partial charge is 0.255 e. The summed E-state index contributed by atoms with van der Waals surface area (Å²) in [6.45, 7) is 0.176.